The van der Waals surface area contributed by atoms with Crippen molar-refractivity contribution in [1.29, 1.82) is 0 Å². The molecular formula is C10H12F3NO. The van der Waals surface area contributed by atoms with Crippen molar-refractivity contribution in [3.8, 4) is 0 Å². The summed E-state index contributed by atoms with van der Waals surface area (Å²) in [7, 11) is 0. The summed E-state index contributed by atoms with van der Waals surface area (Å²) in [5.74, 6) is 1.29. The largest absolute Gasteiger partial charge is 0.304 e. The topological polar surface area (TPSA) is 35.2 Å². The first kappa shape index (κ1) is 12.0. The van der Waals surface area contributed by atoms with Crippen LogP contribution >= 0.6 is 0 Å². The van der Waals surface area contributed by atoms with Crippen LogP contribution in [0.15, 0.2) is 18.2 Å². The fraction of sp³-hybridized carbons (Fsp3) is 0.400. The van der Waals surface area contributed by atoms with Crippen LogP contribution in [0.25, 0.3) is 0 Å². The van der Waals surface area contributed by atoms with E-state index >= 15 is 0 Å². The molecule has 5 heteroatoms. The Morgan fingerprint density at radius 3 is 2.60 bits per heavy atom. The van der Waals surface area contributed by atoms with Crippen LogP contribution in [0.4, 0.5) is 13.2 Å². The van der Waals surface area contributed by atoms with Gasteiger partial charge in [-0.15, -0.1) is 0 Å². The molecule has 0 bridgehead atoms. The molecule has 0 aliphatic heterocycles. The fourth-order valence-electron chi connectivity index (χ4n) is 1.21. The van der Waals surface area contributed by atoms with Crippen molar-refractivity contribution in [2.24, 2.45) is 5.90 Å². The van der Waals surface area contributed by atoms with Gasteiger partial charge in [0.25, 0.3) is 5.92 Å². The highest BCUT2D eigenvalue weighted by Gasteiger charge is 2.24. The minimum absolute atomic E-state index is 0.0929. The molecule has 0 amide bonds. The smallest absolute Gasteiger partial charge is 0.270 e. The van der Waals surface area contributed by atoms with Crippen molar-refractivity contribution in [2.75, 3.05) is 6.61 Å². The third kappa shape index (κ3) is 3.21. The first-order valence-corrected chi connectivity index (χ1v) is 4.43. The lowest BCUT2D eigenvalue weighted by atomic mass is 10.0. The summed E-state index contributed by atoms with van der Waals surface area (Å²) in [5.41, 5.74) is -0.0320. The van der Waals surface area contributed by atoms with Crippen LogP contribution in [0.2, 0.25) is 0 Å². The van der Waals surface area contributed by atoms with Crippen LogP contribution in [-0.4, -0.2) is 6.61 Å². The Kier molecular flexibility index (Phi) is 3.71. The lowest BCUT2D eigenvalue weighted by Gasteiger charge is -2.12. The van der Waals surface area contributed by atoms with E-state index in [4.69, 9.17) is 5.90 Å². The van der Waals surface area contributed by atoms with Crippen molar-refractivity contribution < 1.29 is 18.0 Å². The molecule has 1 aromatic rings. The molecular weight excluding hydrogens is 207 g/mol. The zero-order chi connectivity index (χ0) is 11.5. The second-order valence-corrected chi connectivity index (χ2v) is 3.32. The highest BCUT2D eigenvalue weighted by atomic mass is 19.3. The van der Waals surface area contributed by atoms with E-state index < -0.39 is 11.7 Å². The quantitative estimate of drug-likeness (QED) is 0.789. The summed E-state index contributed by atoms with van der Waals surface area (Å²) < 4.78 is 39.0. The normalized spacial score (nSPS) is 11.8. The predicted octanol–water partition coefficient (Wildman–Crippen LogP) is 2.37. The second-order valence-electron chi connectivity index (χ2n) is 3.32. The molecule has 0 aliphatic carbocycles. The van der Waals surface area contributed by atoms with Gasteiger partial charge in [0.1, 0.15) is 5.82 Å². The Balaban J connectivity index is 2.95. The van der Waals surface area contributed by atoms with E-state index in [-0.39, 0.29) is 24.2 Å². The molecule has 1 aromatic carbocycles. The van der Waals surface area contributed by atoms with Crippen molar-refractivity contribution in [3.05, 3.63) is 35.1 Å². The molecule has 2 nitrogen and oxygen atoms in total. The highest BCUT2D eigenvalue weighted by Crippen LogP contribution is 2.28. The van der Waals surface area contributed by atoms with Gasteiger partial charge in [-0.3, -0.25) is 0 Å². The van der Waals surface area contributed by atoms with E-state index in [0.717, 1.165) is 25.1 Å². The van der Waals surface area contributed by atoms with E-state index in [9.17, 15) is 13.2 Å². The van der Waals surface area contributed by atoms with E-state index in [1.165, 1.54) is 0 Å². The van der Waals surface area contributed by atoms with Gasteiger partial charge in [-0.25, -0.2) is 19.1 Å². The van der Waals surface area contributed by atoms with Gasteiger partial charge in [-0.05, 0) is 17.7 Å². The van der Waals surface area contributed by atoms with Crippen molar-refractivity contribution >= 4 is 0 Å². The Bertz CT molecular complexity index is 336. The number of hydrogen-bond donors (Lipinski definition) is 1. The Hall–Kier alpha value is -1.07. The van der Waals surface area contributed by atoms with E-state index in [0.29, 0.717) is 0 Å². The average molecular weight is 219 g/mol. The summed E-state index contributed by atoms with van der Waals surface area (Å²) in [5, 5.41) is 0. The zero-order valence-electron chi connectivity index (χ0n) is 8.27. The maximum Gasteiger partial charge on any atom is 0.270 e. The Morgan fingerprint density at radius 2 is 2.07 bits per heavy atom. The summed E-state index contributed by atoms with van der Waals surface area (Å²) in [4.78, 5) is 4.27. The molecule has 1 rings (SSSR count). The molecule has 15 heavy (non-hydrogen) atoms. The van der Waals surface area contributed by atoms with Gasteiger partial charge >= 0.3 is 0 Å². The Morgan fingerprint density at radius 1 is 1.40 bits per heavy atom. The SMILES string of the molecule is CC(F)(F)c1ccc(F)c(CCON)c1. The van der Waals surface area contributed by atoms with Crippen LogP contribution in [0, 0.1) is 5.82 Å². The van der Waals surface area contributed by atoms with Crippen LogP contribution in [0.5, 0.6) is 0 Å². The number of alkyl halides is 2. The number of rotatable bonds is 4. The van der Waals surface area contributed by atoms with Crippen LogP contribution in [-0.2, 0) is 17.2 Å². The van der Waals surface area contributed by atoms with Crippen molar-refractivity contribution in [1.82, 2.24) is 0 Å². The summed E-state index contributed by atoms with van der Waals surface area (Å²) in [6, 6.07) is 3.23. The molecule has 0 saturated carbocycles. The second kappa shape index (κ2) is 4.63. The number of hydrogen-bond acceptors (Lipinski definition) is 2. The summed E-state index contributed by atoms with van der Waals surface area (Å²) >= 11 is 0. The van der Waals surface area contributed by atoms with Gasteiger partial charge in [0.15, 0.2) is 0 Å². The van der Waals surface area contributed by atoms with Crippen LogP contribution in [0.3, 0.4) is 0 Å². The summed E-state index contributed by atoms with van der Waals surface area (Å²) in [6.45, 7) is 0.860. The minimum atomic E-state index is -2.97. The monoisotopic (exact) mass is 219 g/mol. The summed E-state index contributed by atoms with van der Waals surface area (Å²) in [6.07, 6.45) is 0.173. The van der Waals surface area contributed by atoms with Crippen molar-refractivity contribution in [3.63, 3.8) is 0 Å². The maximum absolute atomic E-state index is 13.1. The molecule has 0 atom stereocenters. The number of halogens is 3. The highest BCUT2D eigenvalue weighted by molar-refractivity contribution is 5.28. The number of nitrogens with two attached hydrogens (primary N) is 1. The fourth-order valence-corrected chi connectivity index (χ4v) is 1.21. The predicted molar refractivity (Wildman–Crippen MR) is 49.8 cm³/mol. The van der Waals surface area contributed by atoms with E-state index in [1.807, 2.05) is 0 Å². The molecule has 0 spiro atoms. The van der Waals surface area contributed by atoms with Gasteiger partial charge in [0.05, 0.1) is 6.61 Å². The Labute approximate surface area is 85.8 Å². The molecule has 0 heterocycles. The molecule has 0 aliphatic rings. The average Bonchev–Trinajstić information content (AvgIpc) is 2.15. The first-order chi connectivity index (χ1) is 6.95. The molecule has 2 N–H and O–H groups in total. The third-order valence-electron chi connectivity index (χ3n) is 2.04. The first-order valence-electron chi connectivity index (χ1n) is 4.43. The van der Waals surface area contributed by atoms with Gasteiger partial charge < -0.3 is 4.84 Å². The van der Waals surface area contributed by atoms with Crippen LogP contribution in [0.1, 0.15) is 18.1 Å². The number of benzene rings is 1. The van der Waals surface area contributed by atoms with E-state index in [1.54, 1.807) is 0 Å². The van der Waals surface area contributed by atoms with Gasteiger partial charge in [-0.2, -0.15) is 0 Å². The molecule has 0 unspecified atom stereocenters. The molecule has 84 valence electrons. The maximum atomic E-state index is 13.1. The molecule has 0 saturated heterocycles. The zero-order valence-corrected chi connectivity index (χ0v) is 8.27. The van der Waals surface area contributed by atoms with Crippen molar-refractivity contribution in [2.45, 2.75) is 19.3 Å². The van der Waals surface area contributed by atoms with Gasteiger partial charge in [-0.1, -0.05) is 6.07 Å². The molecule has 0 radical (unpaired) electrons. The van der Waals surface area contributed by atoms with Crippen LogP contribution < -0.4 is 5.90 Å². The molecule has 0 aromatic heterocycles. The lowest BCUT2D eigenvalue weighted by Crippen LogP contribution is -2.10. The minimum Gasteiger partial charge on any atom is -0.304 e. The standard InChI is InChI=1S/C10H12F3NO/c1-10(12,13)8-2-3-9(11)7(6-8)4-5-15-14/h2-3,6H,4-5,14H2,1H3. The van der Waals surface area contributed by atoms with Gasteiger partial charge in [0, 0.05) is 18.9 Å². The lowest BCUT2D eigenvalue weighted by molar-refractivity contribution is 0.0173. The molecule has 0 fully saturated rings. The van der Waals surface area contributed by atoms with Gasteiger partial charge in [0.2, 0.25) is 0 Å². The third-order valence-corrected chi connectivity index (χ3v) is 2.04. The van der Waals surface area contributed by atoms with E-state index in [2.05, 4.69) is 4.84 Å².